The Balaban J connectivity index is 2.36. The molecular weight excluding hydrogens is 240 g/mol. The second-order valence-corrected chi connectivity index (χ2v) is 4.57. The van der Waals surface area contributed by atoms with Gasteiger partial charge in [-0.25, -0.2) is 0 Å². The molecule has 1 N–H and O–H groups in total. The van der Waals surface area contributed by atoms with E-state index in [4.69, 9.17) is 4.74 Å². The number of aromatic nitrogens is 1. The van der Waals surface area contributed by atoms with Crippen molar-refractivity contribution in [3.8, 4) is 0 Å². The number of nitrogens with zero attached hydrogens (tertiary/aromatic N) is 1. The van der Waals surface area contributed by atoms with Crippen LogP contribution >= 0.6 is 11.8 Å². The average Bonchev–Trinajstić information content (AvgIpc) is 2.28. The van der Waals surface area contributed by atoms with Gasteiger partial charge in [0.25, 0.3) is 5.03 Å². The Morgan fingerprint density at radius 3 is 3.06 bits per heavy atom. The Kier molecular flexibility index (Phi) is 5.79. The van der Waals surface area contributed by atoms with Crippen molar-refractivity contribution < 1.29 is 14.3 Å². The van der Waals surface area contributed by atoms with Crippen molar-refractivity contribution in [1.82, 2.24) is 5.32 Å². The van der Waals surface area contributed by atoms with Crippen molar-refractivity contribution in [3.63, 3.8) is 0 Å². The standard InChI is InChI=1S/C11H16N2O3S/c1-9(7-16-2)12-10(14)8-17-11-5-3-4-6-13(11)15/h3-6,9H,7-8H2,1-2H3,(H,12,14). The average molecular weight is 256 g/mol. The van der Waals surface area contributed by atoms with Crippen LogP contribution in [0.4, 0.5) is 0 Å². The monoisotopic (exact) mass is 256 g/mol. The summed E-state index contributed by atoms with van der Waals surface area (Å²) in [4.78, 5) is 11.5. The first-order valence-corrected chi connectivity index (χ1v) is 6.21. The van der Waals surface area contributed by atoms with Crippen LogP contribution in [0.3, 0.4) is 0 Å². The van der Waals surface area contributed by atoms with Crippen molar-refractivity contribution in [2.75, 3.05) is 19.5 Å². The molecule has 0 saturated carbocycles. The van der Waals surface area contributed by atoms with E-state index in [1.54, 1.807) is 25.3 Å². The van der Waals surface area contributed by atoms with Gasteiger partial charge in [-0.05, 0) is 24.8 Å². The quantitative estimate of drug-likeness (QED) is 0.459. The number of carbonyl (C=O) groups is 1. The maximum atomic E-state index is 11.5. The van der Waals surface area contributed by atoms with Gasteiger partial charge in [0.1, 0.15) is 0 Å². The molecule has 1 amide bonds. The summed E-state index contributed by atoms with van der Waals surface area (Å²) in [5.74, 6) is 0.115. The molecule has 0 spiro atoms. The third-order valence-corrected chi connectivity index (χ3v) is 2.98. The van der Waals surface area contributed by atoms with Crippen molar-refractivity contribution in [2.45, 2.75) is 18.0 Å². The molecule has 0 fully saturated rings. The van der Waals surface area contributed by atoms with Gasteiger partial charge in [-0.3, -0.25) is 4.79 Å². The number of nitrogens with one attached hydrogen (secondary N) is 1. The highest BCUT2D eigenvalue weighted by Gasteiger charge is 2.10. The Morgan fingerprint density at radius 2 is 2.41 bits per heavy atom. The van der Waals surface area contributed by atoms with Crippen LogP contribution < -0.4 is 10.0 Å². The molecule has 0 aliphatic rings. The maximum absolute atomic E-state index is 11.5. The summed E-state index contributed by atoms with van der Waals surface area (Å²) >= 11 is 1.21. The third-order valence-electron chi connectivity index (χ3n) is 1.96. The molecule has 1 heterocycles. The van der Waals surface area contributed by atoms with Crippen LogP contribution in [0.25, 0.3) is 0 Å². The predicted octanol–water partition coefficient (Wildman–Crippen LogP) is 0.563. The van der Waals surface area contributed by atoms with Gasteiger partial charge in [-0.15, -0.1) is 0 Å². The second kappa shape index (κ2) is 7.13. The van der Waals surface area contributed by atoms with Gasteiger partial charge >= 0.3 is 0 Å². The van der Waals surface area contributed by atoms with E-state index >= 15 is 0 Å². The van der Waals surface area contributed by atoms with E-state index in [0.717, 1.165) is 4.73 Å². The Hall–Kier alpha value is -1.27. The van der Waals surface area contributed by atoms with Crippen LogP contribution in [-0.4, -0.2) is 31.4 Å². The van der Waals surface area contributed by atoms with E-state index in [1.807, 2.05) is 6.92 Å². The minimum absolute atomic E-state index is 0.0248. The highest BCUT2D eigenvalue weighted by atomic mass is 32.2. The van der Waals surface area contributed by atoms with E-state index in [1.165, 1.54) is 18.0 Å². The fourth-order valence-corrected chi connectivity index (χ4v) is 2.00. The molecule has 6 heteroatoms. The number of hydrogen-bond acceptors (Lipinski definition) is 4. The molecule has 1 aromatic heterocycles. The zero-order valence-corrected chi connectivity index (χ0v) is 10.7. The smallest absolute Gasteiger partial charge is 0.251 e. The van der Waals surface area contributed by atoms with Gasteiger partial charge in [-0.2, -0.15) is 4.73 Å². The minimum Gasteiger partial charge on any atom is -0.618 e. The van der Waals surface area contributed by atoms with Gasteiger partial charge in [0, 0.05) is 25.3 Å². The molecule has 0 bridgehead atoms. The molecule has 0 radical (unpaired) electrons. The summed E-state index contributed by atoms with van der Waals surface area (Å²) in [5.41, 5.74) is 0. The number of methoxy groups -OCH3 is 1. The van der Waals surface area contributed by atoms with Crippen molar-refractivity contribution in [2.24, 2.45) is 0 Å². The van der Waals surface area contributed by atoms with Crippen LogP contribution in [0.15, 0.2) is 29.4 Å². The molecule has 1 aromatic rings. The lowest BCUT2D eigenvalue weighted by Crippen LogP contribution is -2.37. The molecule has 0 saturated heterocycles. The summed E-state index contributed by atoms with van der Waals surface area (Å²) in [6.45, 7) is 2.34. The molecule has 94 valence electrons. The minimum atomic E-state index is -0.108. The summed E-state index contributed by atoms with van der Waals surface area (Å²) in [5, 5.41) is 14.6. The SMILES string of the molecule is COCC(C)NC(=O)CSc1cccc[n+]1[O-]. The van der Waals surface area contributed by atoms with Gasteiger partial charge < -0.3 is 15.3 Å². The molecular formula is C11H16N2O3S. The Morgan fingerprint density at radius 1 is 1.65 bits per heavy atom. The third kappa shape index (κ3) is 5.06. The van der Waals surface area contributed by atoms with Gasteiger partial charge in [0.05, 0.1) is 12.4 Å². The van der Waals surface area contributed by atoms with Crippen LogP contribution in [0.1, 0.15) is 6.92 Å². The van der Waals surface area contributed by atoms with Crippen LogP contribution in [0.5, 0.6) is 0 Å². The summed E-state index contributed by atoms with van der Waals surface area (Å²) in [6, 6.07) is 5.08. The first-order valence-electron chi connectivity index (χ1n) is 5.22. The molecule has 0 aliphatic carbocycles. The van der Waals surface area contributed by atoms with E-state index < -0.39 is 0 Å². The molecule has 0 aromatic carbocycles. The van der Waals surface area contributed by atoms with Crippen molar-refractivity contribution in [3.05, 3.63) is 29.6 Å². The highest BCUT2D eigenvalue weighted by Crippen LogP contribution is 2.11. The molecule has 5 nitrogen and oxygen atoms in total. The Labute approximate surface area is 105 Å². The number of hydrogen-bond donors (Lipinski definition) is 1. The van der Waals surface area contributed by atoms with E-state index in [-0.39, 0.29) is 17.7 Å². The molecule has 1 atom stereocenters. The van der Waals surface area contributed by atoms with Crippen LogP contribution in [0.2, 0.25) is 0 Å². The zero-order chi connectivity index (χ0) is 12.7. The molecule has 1 rings (SSSR count). The first kappa shape index (κ1) is 13.8. The Bertz CT molecular complexity index is 373. The number of ether oxygens (including phenoxy) is 1. The van der Waals surface area contributed by atoms with Gasteiger partial charge in [0.2, 0.25) is 5.91 Å². The molecule has 0 aliphatic heterocycles. The first-order chi connectivity index (χ1) is 8.13. The number of thioether (sulfide) groups is 1. The van der Waals surface area contributed by atoms with Gasteiger partial charge in [-0.1, -0.05) is 0 Å². The normalized spacial score (nSPS) is 12.1. The van der Waals surface area contributed by atoms with E-state index in [9.17, 15) is 10.0 Å². The van der Waals surface area contributed by atoms with Crippen molar-refractivity contribution in [1.29, 1.82) is 0 Å². The number of carbonyl (C=O) groups excluding carboxylic acids is 1. The van der Waals surface area contributed by atoms with E-state index in [0.29, 0.717) is 11.6 Å². The summed E-state index contributed by atoms with van der Waals surface area (Å²) in [6.07, 6.45) is 1.41. The number of rotatable bonds is 6. The summed E-state index contributed by atoms with van der Waals surface area (Å²) < 4.78 is 5.66. The largest absolute Gasteiger partial charge is 0.618 e. The summed E-state index contributed by atoms with van der Waals surface area (Å²) in [7, 11) is 1.59. The fourth-order valence-electron chi connectivity index (χ4n) is 1.27. The van der Waals surface area contributed by atoms with Crippen LogP contribution in [-0.2, 0) is 9.53 Å². The molecule has 1 unspecified atom stereocenters. The van der Waals surface area contributed by atoms with E-state index in [2.05, 4.69) is 5.32 Å². The fraction of sp³-hybridized carbons (Fsp3) is 0.455. The van der Waals surface area contributed by atoms with Crippen molar-refractivity contribution >= 4 is 17.7 Å². The maximum Gasteiger partial charge on any atom is 0.251 e. The predicted molar refractivity (Wildman–Crippen MR) is 65.6 cm³/mol. The highest BCUT2D eigenvalue weighted by molar-refractivity contribution is 7.99. The van der Waals surface area contributed by atoms with Crippen LogP contribution in [0, 0.1) is 5.21 Å². The number of amides is 1. The number of pyridine rings is 1. The lowest BCUT2D eigenvalue weighted by Gasteiger charge is -2.12. The molecule has 17 heavy (non-hydrogen) atoms. The topological polar surface area (TPSA) is 65.3 Å². The van der Waals surface area contributed by atoms with Gasteiger partial charge in [0.15, 0.2) is 6.20 Å². The zero-order valence-electron chi connectivity index (χ0n) is 9.88. The second-order valence-electron chi connectivity index (χ2n) is 3.58. The lowest BCUT2D eigenvalue weighted by molar-refractivity contribution is -0.645. The lowest BCUT2D eigenvalue weighted by atomic mass is 10.3.